The highest BCUT2D eigenvalue weighted by molar-refractivity contribution is 5.93. The number of hydrogen-bond acceptors (Lipinski definition) is 6. The van der Waals surface area contributed by atoms with Crippen LogP contribution in [-0.4, -0.2) is 64.0 Å². The van der Waals surface area contributed by atoms with Crippen molar-refractivity contribution >= 4 is 22.8 Å². The Kier molecular flexibility index (Phi) is 7.03. The minimum Gasteiger partial charge on any atom is -0.491 e. The van der Waals surface area contributed by atoms with Gasteiger partial charge in [-0.2, -0.15) is 5.10 Å². The molecule has 4 rings (SSSR count). The van der Waals surface area contributed by atoms with Crippen molar-refractivity contribution in [3.63, 3.8) is 0 Å². The van der Waals surface area contributed by atoms with E-state index < -0.39 is 0 Å². The first-order valence-electron chi connectivity index (χ1n) is 11.5. The van der Waals surface area contributed by atoms with E-state index in [9.17, 15) is 4.79 Å². The van der Waals surface area contributed by atoms with Gasteiger partial charge < -0.3 is 20.1 Å². The first kappa shape index (κ1) is 22.9. The summed E-state index contributed by atoms with van der Waals surface area (Å²) < 4.78 is 13.4. The van der Waals surface area contributed by atoms with Crippen LogP contribution in [0.15, 0.2) is 48.5 Å². The Balaban J connectivity index is 1.25. The van der Waals surface area contributed by atoms with Gasteiger partial charge in [-0.05, 0) is 38.0 Å². The lowest BCUT2D eigenvalue weighted by Crippen LogP contribution is -2.58. The summed E-state index contributed by atoms with van der Waals surface area (Å²) in [4.78, 5) is 16.8. The van der Waals surface area contributed by atoms with Gasteiger partial charge in [0.25, 0.3) is 0 Å². The van der Waals surface area contributed by atoms with E-state index in [1.807, 2.05) is 60.5 Å². The quantitative estimate of drug-likeness (QED) is 0.552. The van der Waals surface area contributed by atoms with Crippen LogP contribution in [-0.2, 0) is 18.4 Å². The molecule has 1 fully saturated rings. The summed E-state index contributed by atoms with van der Waals surface area (Å²) in [6.07, 6.45) is 0.640. The maximum Gasteiger partial charge on any atom is 0.410 e. The Morgan fingerprint density at radius 2 is 1.82 bits per heavy atom. The third-order valence-corrected chi connectivity index (χ3v) is 6.24. The number of nitrogens with two attached hydrogens (primary N) is 1. The van der Waals surface area contributed by atoms with Gasteiger partial charge in [0.1, 0.15) is 17.9 Å². The van der Waals surface area contributed by atoms with E-state index in [4.69, 9.17) is 15.2 Å². The number of para-hydroxylation sites is 1. The highest BCUT2D eigenvalue weighted by Crippen LogP contribution is 2.29. The molecule has 0 aliphatic carbocycles. The second-order valence-corrected chi connectivity index (χ2v) is 8.74. The van der Waals surface area contributed by atoms with Crippen LogP contribution in [0.2, 0.25) is 0 Å². The molecule has 2 heterocycles. The first-order valence-corrected chi connectivity index (χ1v) is 11.5. The second kappa shape index (κ2) is 10.1. The number of carbonyl (C=O) groups excluding carboxylic acids is 1. The Bertz CT molecular complexity index is 1070. The molecule has 33 heavy (non-hydrogen) atoms. The summed E-state index contributed by atoms with van der Waals surface area (Å²) in [6.45, 7) is 7.44. The molecule has 0 bridgehead atoms. The lowest BCUT2D eigenvalue weighted by atomic mass is 10.1. The molecule has 1 aliphatic rings. The average molecular weight is 452 g/mol. The largest absolute Gasteiger partial charge is 0.491 e. The fourth-order valence-corrected chi connectivity index (χ4v) is 4.63. The second-order valence-electron chi connectivity index (χ2n) is 8.74. The maximum atomic E-state index is 12.6. The summed E-state index contributed by atoms with van der Waals surface area (Å²) in [7, 11) is 1.87. The van der Waals surface area contributed by atoms with Crippen molar-refractivity contribution in [3.8, 4) is 5.75 Å². The van der Waals surface area contributed by atoms with Crippen LogP contribution in [0, 0.1) is 0 Å². The molecule has 0 saturated carbocycles. The Morgan fingerprint density at radius 1 is 1.09 bits per heavy atom. The van der Waals surface area contributed by atoms with Gasteiger partial charge >= 0.3 is 6.09 Å². The van der Waals surface area contributed by atoms with Crippen LogP contribution < -0.4 is 10.5 Å². The lowest BCUT2D eigenvalue weighted by Gasteiger charge is -2.44. The zero-order chi connectivity index (χ0) is 23.4. The number of nitrogens with zero attached hydrogens (tertiary/aromatic N) is 4. The lowest BCUT2D eigenvalue weighted by molar-refractivity contribution is 0.0230. The number of rotatable bonds is 7. The smallest absolute Gasteiger partial charge is 0.410 e. The van der Waals surface area contributed by atoms with E-state index in [1.165, 1.54) is 0 Å². The highest BCUT2D eigenvalue weighted by atomic mass is 16.6. The number of hydrogen-bond donors (Lipinski definition) is 1. The summed E-state index contributed by atoms with van der Waals surface area (Å²) in [5.41, 5.74) is 7.89. The molecule has 2 N–H and O–H groups in total. The molecule has 8 heteroatoms. The predicted molar refractivity (Wildman–Crippen MR) is 129 cm³/mol. The number of anilines is 1. The minimum atomic E-state index is -0.246. The number of amides is 1. The number of nitrogen functional groups attached to an aromatic ring is 1. The molecule has 0 radical (unpaired) electrons. The summed E-state index contributed by atoms with van der Waals surface area (Å²) in [6, 6.07) is 16.1. The molecule has 2 atom stereocenters. The zero-order valence-electron chi connectivity index (χ0n) is 19.6. The molecule has 0 unspecified atom stereocenters. The van der Waals surface area contributed by atoms with Crippen molar-refractivity contribution in [2.24, 2.45) is 7.05 Å². The highest BCUT2D eigenvalue weighted by Gasteiger charge is 2.32. The van der Waals surface area contributed by atoms with E-state index in [1.54, 1.807) is 4.68 Å². The van der Waals surface area contributed by atoms with Crippen LogP contribution in [0.25, 0.3) is 10.9 Å². The molecule has 1 aromatic heterocycles. The normalized spacial score (nSPS) is 19.1. The van der Waals surface area contributed by atoms with E-state index >= 15 is 0 Å². The number of aromatic nitrogens is 2. The zero-order valence-corrected chi connectivity index (χ0v) is 19.6. The Hall–Kier alpha value is -3.26. The Morgan fingerprint density at radius 3 is 2.55 bits per heavy atom. The van der Waals surface area contributed by atoms with Crippen molar-refractivity contribution in [1.82, 2.24) is 19.6 Å². The Labute approximate surface area is 194 Å². The van der Waals surface area contributed by atoms with Crippen LogP contribution in [0.3, 0.4) is 0 Å². The van der Waals surface area contributed by atoms with Crippen LogP contribution in [0.5, 0.6) is 5.75 Å². The number of aryl methyl sites for hydroxylation is 1. The fourth-order valence-electron chi connectivity index (χ4n) is 4.63. The van der Waals surface area contributed by atoms with Gasteiger partial charge in [0.15, 0.2) is 5.82 Å². The van der Waals surface area contributed by atoms with E-state index in [2.05, 4.69) is 23.8 Å². The van der Waals surface area contributed by atoms with Crippen molar-refractivity contribution in [3.05, 3.63) is 54.1 Å². The minimum absolute atomic E-state index is 0.246. The van der Waals surface area contributed by atoms with Gasteiger partial charge in [-0.1, -0.05) is 36.4 Å². The monoisotopic (exact) mass is 451 g/mol. The SMILES string of the molecule is C[C@@H]1CN(C(=O)OCc2ccccc2)C[C@H](C)N1CCCOc1cccc2c(N)nn(C)c12. The van der Waals surface area contributed by atoms with E-state index in [0.29, 0.717) is 32.1 Å². The molecule has 0 spiro atoms. The van der Waals surface area contributed by atoms with Gasteiger partial charge in [-0.3, -0.25) is 9.58 Å². The molecule has 3 aromatic rings. The van der Waals surface area contributed by atoms with Gasteiger partial charge in [0.05, 0.1) is 6.61 Å². The number of fused-ring (bicyclic) bond motifs is 1. The first-order chi connectivity index (χ1) is 15.9. The van der Waals surface area contributed by atoms with E-state index in [-0.39, 0.29) is 18.2 Å². The van der Waals surface area contributed by atoms with Gasteiger partial charge in [0.2, 0.25) is 0 Å². The van der Waals surface area contributed by atoms with Gasteiger partial charge in [-0.15, -0.1) is 0 Å². The number of ether oxygens (including phenoxy) is 2. The van der Waals surface area contributed by atoms with Gasteiger partial charge in [-0.25, -0.2) is 4.79 Å². The van der Waals surface area contributed by atoms with Crippen molar-refractivity contribution < 1.29 is 14.3 Å². The fraction of sp³-hybridized carbons (Fsp3) is 0.440. The van der Waals surface area contributed by atoms with Crippen molar-refractivity contribution in [1.29, 1.82) is 0 Å². The molecule has 2 aromatic carbocycles. The predicted octanol–water partition coefficient (Wildman–Crippen LogP) is 3.66. The summed E-state index contributed by atoms with van der Waals surface area (Å²) >= 11 is 0. The topological polar surface area (TPSA) is 85.8 Å². The van der Waals surface area contributed by atoms with Crippen LogP contribution in [0.4, 0.5) is 10.6 Å². The number of carbonyl (C=O) groups is 1. The molecule has 176 valence electrons. The molecular weight excluding hydrogens is 418 g/mol. The molecule has 8 nitrogen and oxygen atoms in total. The van der Waals surface area contributed by atoms with Crippen LogP contribution >= 0.6 is 0 Å². The van der Waals surface area contributed by atoms with E-state index in [0.717, 1.165) is 35.2 Å². The third kappa shape index (κ3) is 5.22. The third-order valence-electron chi connectivity index (χ3n) is 6.24. The van der Waals surface area contributed by atoms with Crippen molar-refractivity contribution in [2.75, 3.05) is 32.0 Å². The molecule has 1 aliphatic heterocycles. The molecule has 1 amide bonds. The maximum absolute atomic E-state index is 12.6. The number of benzene rings is 2. The average Bonchev–Trinajstić information content (AvgIpc) is 3.11. The summed E-state index contributed by atoms with van der Waals surface area (Å²) in [5, 5.41) is 5.20. The van der Waals surface area contributed by atoms with Gasteiger partial charge in [0, 0.05) is 44.2 Å². The summed E-state index contributed by atoms with van der Waals surface area (Å²) in [5.74, 6) is 1.31. The van der Waals surface area contributed by atoms with Crippen molar-refractivity contribution in [2.45, 2.75) is 39.0 Å². The number of piperazine rings is 1. The standard InChI is InChI=1S/C25H33N5O3/c1-18-15-29(25(31)33-17-20-9-5-4-6-10-20)16-19(2)30(18)13-8-14-32-22-12-7-11-21-23(22)28(3)27-24(21)26/h4-7,9-12,18-19H,8,13-17H2,1-3H3,(H2,26,27)/t18-,19+. The van der Waals surface area contributed by atoms with Crippen LogP contribution in [0.1, 0.15) is 25.8 Å². The molecule has 1 saturated heterocycles. The molecular formula is C25H33N5O3.